The number of carbonyl (C=O) groups excluding carboxylic acids is 1. The molecule has 0 aliphatic heterocycles. The summed E-state index contributed by atoms with van der Waals surface area (Å²) in [5.74, 6) is 0.536. The third-order valence-corrected chi connectivity index (χ3v) is 4.46. The van der Waals surface area contributed by atoms with Gasteiger partial charge in [0, 0.05) is 5.38 Å². The molecular weight excluding hydrogens is 322 g/mol. The Morgan fingerprint density at radius 3 is 2.83 bits per heavy atom. The van der Waals surface area contributed by atoms with E-state index >= 15 is 0 Å². The Balaban J connectivity index is 1.77. The summed E-state index contributed by atoms with van der Waals surface area (Å²) in [7, 11) is 0. The molecule has 0 fully saturated rings. The smallest absolute Gasteiger partial charge is 0.420 e. The predicted molar refractivity (Wildman–Crippen MR) is 96.3 cm³/mol. The molecule has 126 valence electrons. The molecule has 3 rings (SSSR count). The zero-order valence-corrected chi connectivity index (χ0v) is 14.6. The van der Waals surface area contributed by atoms with Crippen molar-refractivity contribution in [2.24, 2.45) is 0 Å². The maximum Gasteiger partial charge on any atom is 0.420 e. The number of nitrogens with zero attached hydrogens (tertiary/aromatic N) is 3. The molecule has 0 aliphatic rings. The lowest BCUT2D eigenvalue weighted by Gasteiger charge is -2.08. The van der Waals surface area contributed by atoms with E-state index in [2.05, 4.69) is 16.9 Å². The maximum atomic E-state index is 12.6. The molecule has 24 heavy (non-hydrogen) atoms. The quantitative estimate of drug-likeness (QED) is 0.559. The fourth-order valence-electron chi connectivity index (χ4n) is 2.64. The maximum absolute atomic E-state index is 12.6. The van der Waals surface area contributed by atoms with Gasteiger partial charge in [0.25, 0.3) is 0 Å². The molecule has 5 nitrogen and oxygen atoms in total. The average Bonchev–Trinajstić information content (AvgIpc) is 3.24. The molecule has 6 heteroatoms. The summed E-state index contributed by atoms with van der Waals surface area (Å²) in [6.45, 7) is 2.62. The van der Waals surface area contributed by atoms with Crippen LogP contribution in [0.3, 0.4) is 0 Å². The summed E-state index contributed by atoms with van der Waals surface area (Å²) in [6, 6.07) is 7.56. The van der Waals surface area contributed by atoms with Crippen LogP contribution in [0.15, 0.2) is 35.2 Å². The number of para-hydroxylation sites is 2. The van der Waals surface area contributed by atoms with Crippen LogP contribution in [-0.4, -0.2) is 27.2 Å². The summed E-state index contributed by atoms with van der Waals surface area (Å²) in [6.07, 6.45) is 5.22. The van der Waals surface area contributed by atoms with E-state index in [9.17, 15) is 4.79 Å². The molecule has 0 saturated carbocycles. The third kappa shape index (κ3) is 3.64. The molecule has 3 aromatic rings. The first-order valence-corrected chi connectivity index (χ1v) is 9.28. The van der Waals surface area contributed by atoms with Crippen LogP contribution in [0.4, 0.5) is 4.79 Å². The fourth-order valence-corrected chi connectivity index (χ4v) is 3.17. The van der Waals surface area contributed by atoms with Gasteiger partial charge in [0.1, 0.15) is 5.69 Å². The van der Waals surface area contributed by atoms with Gasteiger partial charge in [-0.05, 0) is 18.6 Å². The number of unbranched alkanes of at least 4 members (excludes halogenated alkanes) is 4. The molecule has 0 spiro atoms. The first-order valence-electron chi connectivity index (χ1n) is 8.34. The Bertz CT molecular complexity index is 796. The Labute approximate surface area is 145 Å². The van der Waals surface area contributed by atoms with E-state index in [0.29, 0.717) is 18.1 Å². The van der Waals surface area contributed by atoms with Gasteiger partial charge in [-0.1, -0.05) is 44.7 Å². The van der Waals surface area contributed by atoms with Crippen LogP contribution in [0.1, 0.15) is 39.0 Å². The van der Waals surface area contributed by atoms with Crippen LogP contribution in [0.25, 0.3) is 22.6 Å². The van der Waals surface area contributed by atoms with E-state index in [-0.39, 0.29) is 6.09 Å². The Morgan fingerprint density at radius 1 is 1.21 bits per heavy atom. The van der Waals surface area contributed by atoms with Crippen molar-refractivity contribution in [3.63, 3.8) is 0 Å². The Kier molecular flexibility index (Phi) is 5.59. The molecule has 0 unspecified atom stereocenters. The first-order chi connectivity index (χ1) is 11.8. The Hall–Kier alpha value is -2.21. The molecule has 0 atom stereocenters. The Morgan fingerprint density at radius 2 is 2.04 bits per heavy atom. The second-order valence-corrected chi connectivity index (χ2v) is 6.38. The highest BCUT2D eigenvalue weighted by atomic mass is 32.1. The highest BCUT2D eigenvalue weighted by Gasteiger charge is 2.20. The average molecular weight is 343 g/mol. The SMILES string of the molecule is CCCCCCCOC(=O)n1c(-c2cscn2)nc2ccccc21. The summed E-state index contributed by atoms with van der Waals surface area (Å²) < 4.78 is 7.00. The van der Waals surface area contributed by atoms with Gasteiger partial charge < -0.3 is 4.74 Å². The zero-order valence-electron chi connectivity index (χ0n) is 13.8. The van der Waals surface area contributed by atoms with E-state index in [1.807, 2.05) is 29.6 Å². The normalized spacial score (nSPS) is 11.0. The number of aromatic nitrogens is 3. The highest BCUT2D eigenvalue weighted by molar-refractivity contribution is 7.07. The van der Waals surface area contributed by atoms with Crippen LogP contribution in [0.5, 0.6) is 0 Å². The monoisotopic (exact) mass is 343 g/mol. The van der Waals surface area contributed by atoms with Crippen LogP contribution in [0.2, 0.25) is 0 Å². The lowest BCUT2D eigenvalue weighted by Crippen LogP contribution is -2.15. The van der Waals surface area contributed by atoms with Gasteiger partial charge in [-0.25, -0.2) is 19.3 Å². The summed E-state index contributed by atoms with van der Waals surface area (Å²) in [4.78, 5) is 21.4. The van der Waals surface area contributed by atoms with Crippen molar-refractivity contribution < 1.29 is 9.53 Å². The van der Waals surface area contributed by atoms with E-state index in [1.54, 1.807) is 5.51 Å². The summed E-state index contributed by atoms with van der Waals surface area (Å²) >= 11 is 1.48. The molecule has 0 aliphatic carbocycles. The van der Waals surface area contributed by atoms with Crippen molar-refractivity contribution in [1.82, 2.24) is 14.5 Å². The van der Waals surface area contributed by atoms with E-state index in [4.69, 9.17) is 4.74 Å². The topological polar surface area (TPSA) is 57.0 Å². The molecule has 0 radical (unpaired) electrons. The van der Waals surface area contributed by atoms with Gasteiger partial charge in [-0.2, -0.15) is 0 Å². The molecule has 2 aromatic heterocycles. The van der Waals surface area contributed by atoms with Gasteiger partial charge in [0.2, 0.25) is 0 Å². The molecule has 0 amide bonds. The molecular formula is C18H21N3O2S. The van der Waals surface area contributed by atoms with E-state index in [0.717, 1.165) is 23.9 Å². The largest absolute Gasteiger partial charge is 0.449 e. The molecule has 0 N–H and O–H groups in total. The first kappa shape index (κ1) is 16.6. The van der Waals surface area contributed by atoms with Crippen LogP contribution in [0, 0.1) is 0 Å². The molecule has 0 bridgehead atoms. The summed E-state index contributed by atoms with van der Waals surface area (Å²) in [5, 5.41) is 1.88. The standard InChI is InChI=1S/C18H21N3O2S/c1-2-3-4-5-8-11-23-18(22)21-16-10-7-6-9-14(16)20-17(21)15-12-24-13-19-15/h6-7,9-10,12-13H,2-5,8,11H2,1H3. The second-order valence-electron chi connectivity index (χ2n) is 5.66. The van der Waals surface area contributed by atoms with E-state index in [1.165, 1.54) is 35.2 Å². The lowest BCUT2D eigenvalue weighted by molar-refractivity contribution is 0.147. The minimum atomic E-state index is -0.387. The minimum absolute atomic E-state index is 0.387. The van der Waals surface area contributed by atoms with Gasteiger partial charge in [-0.15, -0.1) is 11.3 Å². The van der Waals surface area contributed by atoms with Crippen LogP contribution >= 0.6 is 11.3 Å². The fraction of sp³-hybridized carbons (Fsp3) is 0.389. The summed E-state index contributed by atoms with van der Waals surface area (Å²) in [5.41, 5.74) is 3.94. The van der Waals surface area contributed by atoms with Gasteiger partial charge >= 0.3 is 6.09 Å². The third-order valence-electron chi connectivity index (χ3n) is 3.88. The van der Waals surface area contributed by atoms with Crippen molar-refractivity contribution in [2.75, 3.05) is 6.61 Å². The van der Waals surface area contributed by atoms with Gasteiger partial charge in [0.05, 0.1) is 23.2 Å². The number of imidazole rings is 1. The van der Waals surface area contributed by atoms with Crippen LogP contribution in [-0.2, 0) is 4.74 Å². The van der Waals surface area contributed by atoms with Gasteiger partial charge in [-0.3, -0.25) is 0 Å². The molecule has 0 saturated heterocycles. The minimum Gasteiger partial charge on any atom is -0.449 e. The van der Waals surface area contributed by atoms with Crippen molar-refractivity contribution >= 4 is 28.5 Å². The number of fused-ring (bicyclic) bond motifs is 1. The van der Waals surface area contributed by atoms with Crippen LogP contribution < -0.4 is 0 Å². The molecule has 2 heterocycles. The lowest BCUT2D eigenvalue weighted by atomic mass is 10.2. The number of hydrogen-bond acceptors (Lipinski definition) is 5. The number of rotatable bonds is 7. The van der Waals surface area contributed by atoms with Crippen molar-refractivity contribution in [1.29, 1.82) is 0 Å². The van der Waals surface area contributed by atoms with Crippen molar-refractivity contribution in [3.05, 3.63) is 35.2 Å². The molecule has 1 aromatic carbocycles. The number of hydrogen-bond donors (Lipinski definition) is 0. The number of thiazole rings is 1. The zero-order chi connectivity index (χ0) is 16.8. The number of carbonyl (C=O) groups is 1. The van der Waals surface area contributed by atoms with Crippen molar-refractivity contribution in [3.8, 4) is 11.5 Å². The number of ether oxygens (including phenoxy) is 1. The second kappa shape index (κ2) is 8.06. The number of benzene rings is 1. The predicted octanol–water partition coefficient (Wildman–Crippen LogP) is 5.11. The van der Waals surface area contributed by atoms with Crippen molar-refractivity contribution in [2.45, 2.75) is 39.0 Å². The highest BCUT2D eigenvalue weighted by Crippen LogP contribution is 2.24. The van der Waals surface area contributed by atoms with E-state index < -0.39 is 0 Å². The van der Waals surface area contributed by atoms with Gasteiger partial charge in [0.15, 0.2) is 5.82 Å².